The molecule has 4 atom stereocenters. The summed E-state index contributed by atoms with van der Waals surface area (Å²) >= 11 is 0. The highest BCUT2D eigenvalue weighted by molar-refractivity contribution is 7.89. The Morgan fingerprint density at radius 1 is 1.00 bits per heavy atom. The van der Waals surface area contributed by atoms with Crippen molar-refractivity contribution in [2.45, 2.75) is 49.3 Å². The van der Waals surface area contributed by atoms with Crippen LogP contribution in [0.25, 0.3) is 0 Å². The van der Waals surface area contributed by atoms with Crippen molar-refractivity contribution in [3.05, 3.63) is 101 Å². The van der Waals surface area contributed by atoms with Gasteiger partial charge in [0, 0.05) is 18.9 Å². The third kappa shape index (κ3) is 6.39. The SMILES string of the molecule is Cc1ccc(S(=O)(=O)NC[C@@H](O)C[C@@H](Cc2ccccc2)C(=O)N[C@H]2c3ccccc3C[C@H]2O)cc1. The van der Waals surface area contributed by atoms with E-state index in [1.165, 1.54) is 12.1 Å². The van der Waals surface area contributed by atoms with Gasteiger partial charge in [0.2, 0.25) is 15.9 Å². The summed E-state index contributed by atoms with van der Waals surface area (Å²) in [6.45, 7) is 1.65. The Morgan fingerprint density at radius 2 is 1.67 bits per heavy atom. The van der Waals surface area contributed by atoms with Gasteiger partial charge in [-0.05, 0) is 48.6 Å². The van der Waals surface area contributed by atoms with E-state index in [9.17, 15) is 23.4 Å². The number of carbonyl (C=O) groups is 1. The number of fused-ring (bicyclic) bond motifs is 1. The fourth-order valence-electron chi connectivity index (χ4n) is 4.62. The first-order chi connectivity index (χ1) is 17.2. The van der Waals surface area contributed by atoms with E-state index in [4.69, 9.17) is 0 Å². The van der Waals surface area contributed by atoms with Crippen molar-refractivity contribution in [1.29, 1.82) is 0 Å². The fourth-order valence-corrected chi connectivity index (χ4v) is 5.69. The Morgan fingerprint density at radius 3 is 2.39 bits per heavy atom. The highest BCUT2D eigenvalue weighted by Gasteiger charge is 2.34. The van der Waals surface area contributed by atoms with Crippen molar-refractivity contribution in [2.24, 2.45) is 5.92 Å². The molecular formula is C28H32N2O5S. The third-order valence-corrected chi connectivity index (χ3v) is 8.03. The van der Waals surface area contributed by atoms with E-state index in [0.29, 0.717) is 12.8 Å². The van der Waals surface area contributed by atoms with Crippen molar-refractivity contribution in [2.75, 3.05) is 6.54 Å². The van der Waals surface area contributed by atoms with Crippen LogP contribution in [-0.2, 0) is 27.7 Å². The zero-order valence-electron chi connectivity index (χ0n) is 20.2. The Kier molecular flexibility index (Phi) is 8.21. The molecule has 1 amide bonds. The molecule has 1 aliphatic rings. The van der Waals surface area contributed by atoms with Crippen LogP contribution in [0, 0.1) is 12.8 Å². The minimum atomic E-state index is -3.79. The maximum atomic E-state index is 13.4. The number of benzene rings is 3. The number of aliphatic hydroxyl groups excluding tert-OH is 2. The summed E-state index contributed by atoms with van der Waals surface area (Å²) in [6, 6.07) is 23.0. The number of sulfonamides is 1. The molecule has 0 spiro atoms. The van der Waals surface area contributed by atoms with Gasteiger partial charge in [0.1, 0.15) is 0 Å². The average Bonchev–Trinajstić information content (AvgIpc) is 3.18. The molecule has 0 bridgehead atoms. The molecule has 0 aliphatic heterocycles. The number of nitrogens with one attached hydrogen (secondary N) is 2. The van der Waals surface area contributed by atoms with Crippen LogP contribution in [0.15, 0.2) is 83.8 Å². The predicted molar refractivity (Wildman–Crippen MR) is 138 cm³/mol. The van der Waals surface area contributed by atoms with E-state index >= 15 is 0 Å². The molecule has 0 saturated carbocycles. The lowest BCUT2D eigenvalue weighted by atomic mass is 9.92. The topological polar surface area (TPSA) is 116 Å². The number of amides is 1. The zero-order chi connectivity index (χ0) is 25.7. The van der Waals surface area contributed by atoms with E-state index in [0.717, 1.165) is 22.3 Å². The second kappa shape index (κ2) is 11.3. The molecule has 8 heteroatoms. The van der Waals surface area contributed by atoms with Crippen molar-refractivity contribution in [3.8, 4) is 0 Å². The van der Waals surface area contributed by atoms with Gasteiger partial charge in [-0.1, -0.05) is 72.3 Å². The molecule has 190 valence electrons. The smallest absolute Gasteiger partial charge is 0.240 e. The second-order valence-corrected chi connectivity index (χ2v) is 11.2. The molecule has 0 unspecified atom stereocenters. The van der Waals surface area contributed by atoms with Gasteiger partial charge in [-0.3, -0.25) is 4.79 Å². The number of rotatable bonds is 10. The van der Waals surface area contributed by atoms with Crippen LogP contribution in [0.2, 0.25) is 0 Å². The third-order valence-electron chi connectivity index (χ3n) is 6.59. The van der Waals surface area contributed by atoms with Crippen molar-refractivity contribution < 1.29 is 23.4 Å². The van der Waals surface area contributed by atoms with E-state index in [1.807, 2.05) is 61.5 Å². The quantitative estimate of drug-likeness (QED) is 0.336. The van der Waals surface area contributed by atoms with Crippen LogP contribution in [0.4, 0.5) is 0 Å². The zero-order valence-corrected chi connectivity index (χ0v) is 21.0. The molecule has 0 saturated heterocycles. The van der Waals surface area contributed by atoms with Gasteiger partial charge in [-0.2, -0.15) is 0 Å². The Hall–Kier alpha value is -3.04. The maximum absolute atomic E-state index is 13.4. The largest absolute Gasteiger partial charge is 0.392 e. The lowest BCUT2D eigenvalue weighted by Gasteiger charge is -2.24. The molecule has 7 nitrogen and oxygen atoms in total. The van der Waals surface area contributed by atoms with Gasteiger partial charge < -0.3 is 15.5 Å². The van der Waals surface area contributed by atoms with Crippen molar-refractivity contribution in [3.63, 3.8) is 0 Å². The molecule has 3 aromatic rings. The Bertz CT molecular complexity index is 1280. The first kappa shape index (κ1) is 26.0. The first-order valence-electron chi connectivity index (χ1n) is 12.1. The van der Waals surface area contributed by atoms with Crippen molar-refractivity contribution >= 4 is 15.9 Å². The predicted octanol–water partition coefficient (Wildman–Crippen LogP) is 2.66. The summed E-state index contributed by atoms with van der Waals surface area (Å²) in [5.74, 6) is -0.911. The van der Waals surface area contributed by atoms with Crippen LogP contribution in [0.3, 0.4) is 0 Å². The minimum Gasteiger partial charge on any atom is -0.392 e. The van der Waals surface area contributed by atoms with Crippen LogP contribution in [0.1, 0.15) is 34.7 Å². The summed E-state index contributed by atoms with van der Waals surface area (Å²) in [5.41, 5.74) is 3.76. The standard InChI is InChI=1S/C28H32N2O5S/c1-19-11-13-24(14-12-19)36(34,35)29-18-23(31)16-22(15-20-7-3-2-4-8-20)28(33)30-27-25-10-6-5-9-21(25)17-26(27)32/h2-14,22-23,26-27,29,31-32H,15-18H2,1H3,(H,30,33)/t22-,23+,26-,27+/m1/s1. The molecule has 0 heterocycles. The lowest BCUT2D eigenvalue weighted by molar-refractivity contribution is -0.127. The Balaban J connectivity index is 1.44. The molecule has 1 aliphatic carbocycles. The molecule has 0 radical (unpaired) electrons. The van der Waals surface area contributed by atoms with Crippen LogP contribution < -0.4 is 10.0 Å². The van der Waals surface area contributed by atoms with Crippen LogP contribution in [-0.4, -0.2) is 43.3 Å². The van der Waals surface area contributed by atoms with E-state index < -0.39 is 34.2 Å². The highest BCUT2D eigenvalue weighted by atomic mass is 32.2. The molecular weight excluding hydrogens is 476 g/mol. The van der Waals surface area contributed by atoms with E-state index in [2.05, 4.69) is 10.0 Å². The number of aryl methyl sites for hydroxylation is 1. The van der Waals surface area contributed by atoms with E-state index in [-0.39, 0.29) is 23.8 Å². The van der Waals surface area contributed by atoms with Gasteiger partial charge in [0.25, 0.3) is 0 Å². The fraction of sp³-hybridized carbons (Fsp3) is 0.321. The molecule has 4 rings (SSSR count). The first-order valence-corrected chi connectivity index (χ1v) is 13.6. The van der Waals surface area contributed by atoms with E-state index in [1.54, 1.807) is 12.1 Å². The van der Waals surface area contributed by atoms with Gasteiger partial charge in [0.15, 0.2) is 0 Å². The number of aliphatic hydroxyl groups is 2. The molecule has 0 fully saturated rings. The summed E-state index contributed by atoms with van der Waals surface area (Å²) < 4.78 is 27.7. The molecule has 0 aromatic heterocycles. The maximum Gasteiger partial charge on any atom is 0.240 e. The van der Waals surface area contributed by atoms with Gasteiger partial charge in [-0.25, -0.2) is 13.1 Å². The van der Waals surface area contributed by atoms with Gasteiger partial charge >= 0.3 is 0 Å². The van der Waals surface area contributed by atoms with Gasteiger partial charge in [0.05, 0.1) is 23.1 Å². The molecule has 4 N–H and O–H groups in total. The van der Waals surface area contributed by atoms with Gasteiger partial charge in [-0.15, -0.1) is 0 Å². The number of hydrogen-bond acceptors (Lipinski definition) is 5. The summed E-state index contributed by atoms with van der Waals surface area (Å²) in [4.78, 5) is 13.5. The van der Waals surface area contributed by atoms with Crippen molar-refractivity contribution in [1.82, 2.24) is 10.0 Å². The normalized spacial score (nSPS) is 18.9. The monoisotopic (exact) mass is 508 g/mol. The summed E-state index contributed by atoms with van der Waals surface area (Å²) in [7, 11) is -3.79. The summed E-state index contributed by atoms with van der Waals surface area (Å²) in [6.07, 6.45) is -0.908. The Labute approximate surface area is 212 Å². The lowest BCUT2D eigenvalue weighted by Crippen LogP contribution is -2.41. The molecule has 36 heavy (non-hydrogen) atoms. The summed E-state index contributed by atoms with van der Waals surface area (Å²) in [5, 5.41) is 24.3. The average molecular weight is 509 g/mol. The second-order valence-electron chi connectivity index (χ2n) is 9.40. The number of hydrogen-bond donors (Lipinski definition) is 4. The number of carbonyl (C=O) groups excluding carboxylic acids is 1. The minimum absolute atomic E-state index is 0.0572. The highest BCUT2D eigenvalue weighted by Crippen LogP contribution is 2.32. The molecule has 3 aromatic carbocycles. The van der Waals surface area contributed by atoms with Crippen LogP contribution in [0.5, 0.6) is 0 Å². The van der Waals surface area contributed by atoms with Crippen LogP contribution >= 0.6 is 0 Å².